The lowest BCUT2D eigenvalue weighted by Gasteiger charge is -2.19. The third kappa shape index (κ3) is 2.33. The molecule has 1 N–H and O–H groups in total. The van der Waals surface area contributed by atoms with Gasteiger partial charge >= 0.3 is 0 Å². The molecule has 4 heteroatoms. The first-order valence-electron chi connectivity index (χ1n) is 6.08. The highest BCUT2D eigenvalue weighted by atomic mass is 32.1. The molecule has 2 atom stereocenters. The molecule has 0 aliphatic heterocycles. The van der Waals surface area contributed by atoms with Crippen LogP contribution in [-0.4, -0.2) is 23.1 Å². The Morgan fingerprint density at radius 3 is 2.76 bits per heavy atom. The van der Waals surface area contributed by atoms with Crippen molar-refractivity contribution in [1.82, 2.24) is 15.3 Å². The van der Waals surface area contributed by atoms with E-state index >= 15 is 0 Å². The van der Waals surface area contributed by atoms with Crippen LogP contribution < -0.4 is 5.32 Å². The molecule has 0 spiro atoms. The van der Waals surface area contributed by atoms with Gasteiger partial charge < -0.3 is 5.32 Å². The molecule has 17 heavy (non-hydrogen) atoms. The lowest BCUT2D eigenvalue weighted by atomic mass is 9.97. The topological polar surface area (TPSA) is 37.8 Å². The fraction of sp³-hybridized carbons (Fsp3) is 0.538. The van der Waals surface area contributed by atoms with Crippen LogP contribution in [0.5, 0.6) is 0 Å². The number of aromatic nitrogens is 2. The maximum atomic E-state index is 4.48. The van der Waals surface area contributed by atoms with Gasteiger partial charge in [-0.25, -0.2) is 9.97 Å². The lowest BCUT2D eigenvalue weighted by Crippen LogP contribution is -2.27. The minimum absolute atomic E-state index is 0.393. The van der Waals surface area contributed by atoms with Crippen LogP contribution in [0.25, 0.3) is 10.2 Å². The highest BCUT2D eigenvalue weighted by Crippen LogP contribution is 2.30. The number of nitrogens with zero attached hydrogens (tertiary/aromatic N) is 2. The average Bonchev–Trinajstić information content (AvgIpc) is 2.79. The molecule has 0 amide bonds. The molecular weight excluding hydrogens is 230 g/mol. The molecule has 0 saturated heterocycles. The van der Waals surface area contributed by atoms with Crippen LogP contribution in [0.2, 0.25) is 0 Å². The molecule has 0 bridgehead atoms. The van der Waals surface area contributed by atoms with Crippen molar-refractivity contribution >= 4 is 21.6 Å². The third-order valence-corrected chi connectivity index (χ3v) is 4.58. The molecule has 0 saturated carbocycles. The van der Waals surface area contributed by atoms with Gasteiger partial charge in [-0.1, -0.05) is 13.8 Å². The molecule has 3 nitrogen and oxygen atoms in total. The number of likely N-dealkylation sites (N-methyl/N-ethyl adjacent to an activating group) is 1. The van der Waals surface area contributed by atoms with E-state index in [-0.39, 0.29) is 0 Å². The summed E-state index contributed by atoms with van der Waals surface area (Å²) in [5.41, 5.74) is 1.16. The molecule has 0 aliphatic carbocycles. The summed E-state index contributed by atoms with van der Waals surface area (Å²) in [7, 11) is 1.99. The van der Waals surface area contributed by atoms with Gasteiger partial charge in [0.2, 0.25) is 0 Å². The molecule has 2 heterocycles. The summed E-state index contributed by atoms with van der Waals surface area (Å²) >= 11 is 1.78. The Labute approximate surface area is 106 Å². The zero-order valence-electron chi connectivity index (χ0n) is 10.8. The summed E-state index contributed by atoms with van der Waals surface area (Å²) in [6, 6.07) is 2.66. The minimum atomic E-state index is 0.393. The van der Waals surface area contributed by atoms with Gasteiger partial charge in [-0.15, -0.1) is 11.3 Å². The smallest absolute Gasteiger partial charge is 0.127 e. The summed E-state index contributed by atoms with van der Waals surface area (Å²) in [6.07, 6.45) is 2.75. The maximum Gasteiger partial charge on any atom is 0.127 e. The lowest BCUT2D eigenvalue weighted by molar-refractivity contribution is 0.517. The quantitative estimate of drug-likeness (QED) is 0.905. The van der Waals surface area contributed by atoms with Crippen LogP contribution >= 0.6 is 11.3 Å². The zero-order valence-corrected chi connectivity index (χ0v) is 11.6. The first-order chi connectivity index (χ1) is 8.17. The predicted molar refractivity (Wildman–Crippen MR) is 73.7 cm³/mol. The number of fused-ring (bicyclic) bond motifs is 1. The van der Waals surface area contributed by atoms with Crippen molar-refractivity contribution in [2.24, 2.45) is 0 Å². The van der Waals surface area contributed by atoms with Gasteiger partial charge in [-0.2, -0.15) is 0 Å². The van der Waals surface area contributed by atoms with Gasteiger partial charge in [0.1, 0.15) is 11.2 Å². The Hall–Kier alpha value is -1.00. The van der Waals surface area contributed by atoms with Gasteiger partial charge in [0.05, 0.1) is 5.69 Å². The fourth-order valence-electron chi connectivity index (χ4n) is 1.95. The Kier molecular flexibility index (Phi) is 3.74. The van der Waals surface area contributed by atoms with Crippen LogP contribution in [0.4, 0.5) is 0 Å². The van der Waals surface area contributed by atoms with E-state index in [0.29, 0.717) is 12.0 Å². The largest absolute Gasteiger partial charge is 0.317 e. The van der Waals surface area contributed by atoms with Crippen LogP contribution in [-0.2, 0) is 6.42 Å². The molecule has 2 aromatic heterocycles. The van der Waals surface area contributed by atoms with Gasteiger partial charge in [0, 0.05) is 22.2 Å². The number of thiophene rings is 1. The standard InChI is InChI=1S/C13H19N3S/c1-5-10-6-11-12(8(2)9(3)14-4)15-7-16-13(11)17-10/h6-9,14H,5H2,1-4H3. The number of hydrogen-bond donors (Lipinski definition) is 1. The van der Waals surface area contributed by atoms with Crippen molar-refractivity contribution in [3.05, 3.63) is 23.0 Å². The molecule has 0 aliphatic rings. The third-order valence-electron chi connectivity index (χ3n) is 3.40. The highest BCUT2D eigenvalue weighted by Gasteiger charge is 2.18. The second-order valence-electron chi connectivity index (χ2n) is 4.41. The molecular formula is C13H19N3S. The fourth-order valence-corrected chi connectivity index (χ4v) is 2.89. The zero-order chi connectivity index (χ0) is 12.4. The summed E-state index contributed by atoms with van der Waals surface area (Å²) in [4.78, 5) is 11.3. The summed E-state index contributed by atoms with van der Waals surface area (Å²) in [5.74, 6) is 0.393. The second-order valence-corrected chi connectivity index (χ2v) is 5.53. The van der Waals surface area contributed by atoms with Crippen molar-refractivity contribution in [1.29, 1.82) is 0 Å². The van der Waals surface area contributed by atoms with Crippen LogP contribution in [0.1, 0.15) is 37.3 Å². The Morgan fingerprint density at radius 2 is 2.12 bits per heavy atom. The Morgan fingerprint density at radius 1 is 1.35 bits per heavy atom. The number of hydrogen-bond acceptors (Lipinski definition) is 4. The first kappa shape index (κ1) is 12.5. The van der Waals surface area contributed by atoms with Crippen LogP contribution in [0, 0.1) is 0 Å². The Bertz CT molecular complexity index is 506. The monoisotopic (exact) mass is 249 g/mol. The normalized spacial score (nSPS) is 15.1. The summed E-state index contributed by atoms with van der Waals surface area (Å²) in [6.45, 7) is 6.58. The van der Waals surface area contributed by atoms with E-state index in [0.717, 1.165) is 16.9 Å². The SMILES string of the molecule is CCc1cc2c(C(C)C(C)NC)ncnc2s1. The molecule has 2 aromatic rings. The first-order valence-corrected chi connectivity index (χ1v) is 6.89. The molecule has 0 fully saturated rings. The van der Waals surface area contributed by atoms with E-state index in [9.17, 15) is 0 Å². The Balaban J connectivity index is 2.49. The number of rotatable bonds is 4. The van der Waals surface area contributed by atoms with Crippen LogP contribution in [0.3, 0.4) is 0 Å². The molecule has 2 rings (SSSR count). The molecule has 0 aromatic carbocycles. The summed E-state index contributed by atoms with van der Waals surface area (Å²) < 4.78 is 0. The van der Waals surface area contributed by atoms with E-state index in [1.165, 1.54) is 10.3 Å². The molecule has 0 radical (unpaired) electrons. The van der Waals surface area contributed by atoms with Gasteiger partial charge in [0.25, 0.3) is 0 Å². The average molecular weight is 249 g/mol. The van der Waals surface area contributed by atoms with Crippen molar-refractivity contribution in [3.63, 3.8) is 0 Å². The molecule has 2 unspecified atom stereocenters. The maximum absolute atomic E-state index is 4.48. The van der Waals surface area contributed by atoms with E-state index in [4.69, 9.17) is 0 Å². The van der Waals surface area contributed by atoms with Crippen molar-refractivity contribution in [2.75, 3.05) is 7.05 Å². The highest BCUT2D eigenvalue weighted by molar-refractivity contribution is 7.18. The minimum Gasteiger partial charge on any atom is -0.317 e. The second kappa shape index (κ2) is 5.10. The molecule has 92 valence electrons. The van der Waals surface area contributed by atoms with Gasteiger partial charge in [-0.3, -0.25) is 0 Å². The van der Waals surface area contributed by atoms with Crippen molar-refractivity contribution < 1.29 is 0 Å². The van der Waals surface area contributed by atoms with E-state index in [1.54, 1.807) is 17.7 Å². The van der Waals surface area contributed by atoms with Crippen molar-refractivity contribution in [2.45, 2.75) is 39.2 Å². The van der Waals surface area contributed by atoms with E-state index in [1.807, 2.05) is 7.05 Å². The van der Waals surface area contributed by atoms with Gasteiger partial charge in [-0.05, 0) is 26.5 Å². The van der Waals surface area contributed by atoms with Crippen molar-refractivity contribution in [3.8, 4) is 0 Å². The summed E-state index contributed by atoms with van der Waals surface area (Å²) in [5, 5.41) is 4.52. The number of nitrogens with one attached hydrogen (secondary N) is 1. The van der Waals surface area contributed by atoms with E-state index in [2.05, 4.69) is 42.1 Å². The van der Waals surface area contributed by atoms with E-state index < -0.39 is 0 Å². The predicted octanol–water partition coefficient (Wildman–Crippen LogP) is 2.97. The number of aryl methyl sites for hydroxylation is 1. The van der Waals surface area contributed by atoms with Gasteiger partial charge in [0.15, 0.2) is 0 Å². The van der Waals surface area contributed by atoms with Crippen LogP contribution in [0.15, 0.2) is 12.4 Å².